The molecule has 0 spiro atoms. The fourth-order valence-corrected chi connectivity index (χ4v) is 3.33. The van der Waals surface area contributed by atoms with E-state index in [0.29, 0.717) is 6.54 Å². The van der Waals surface area contributed by atoms with Crippen molar-refractivity contribution in [2.75, 3.05) is 23.3 Å². The lowest BCUT2D eigenvalue weighted by atomic mass is 10.0. The van der Waals surface area contributed by atoms with Crippen LogP contribution < -0.4 is 10.2 Å². The summed E-state index contributed by atoms with van der Waals surface area (Å²) >= 11 is 0. The van der Waals surface area contributed by atoms with E-state index in [1.165, 1.54) is 12.8 Å². The van der Waals surface area contributed by atoms with Gasteiger partial charge in [-0.2, -0.15) is 0 Å². The molecule has 3 heterocycles. The predicted octanol–water partition coefficient (Wildman–Crippen LogP) is 3.44. The van der Waals surface area contributed by atoms with Crippen molar-refractivity contribution >= 4 is 11.6 Å². The minimum Gasteiger partial charge on any atom is -0.366 e. The van der Waals surface area contributed by atoms with Gasteiger partial charge in [0.05, 0.1) is 5.69 Å². The molecule has 1 saturated heterocycles. The van der Waals surface area contributed by atoms with Gasteiger partial charge in [0.2, 0.25) is 0 Å². The highest BCUT2D eigenvalue weighted by Crippen LogP contribution is 2.23. The van der Waals surface area contributed by atoms with Crippen LogP contribution in [0.25, 0.3) is 0 Å². The summed E-state index contributed by atoms with van der Waals surface area (Å²) in [7, 11) is 0. The van der Waals surface area contributed by atoms with Crippen LogP contribution in [0.2, 0.25) is 0 Å². The van der Waals surface area contributed by atoms with Gasteiger partial charge in [-0.15, -0.1) is 0 Å². The van der Waals surface area contributed by atoms with Crippen LogP contribution in [0, 0.1) is 5.92 Å². The summed E-state index contributed by atoms with van der Waals surface area (Å²) in [5.74, 6) is 3.54. The van der Waals surface area contributed by atoms with Crippen molar-refractivity contribution < 1.29 is 4.52 Å². The van der Waals surface area contributed by atoms with Crippen molar-refractivity contribution in [1.29, 1.82) is 0 Å². The topological polar surface area (TPSA) is 67.1 Å². The molecule has 0 radical (unpaired) electrons. The number of aryl methyl sites for hydroxylation is 2. The molecule has 0 bridgehead atoms. The third-order valence-corrected chi connectivity index (χ3v) is 4.69. The highest BCUT2D eigenvalue weighted by Gasteiger charge is 2.18. The molecule has 1 fully saturated rings. The van der Waals surface area contributed by atoms with Crippen LogP contribution in [0.1, 0.15) is 50.6 Å². The first kappa shape index (κ1) is 16.7. The second-order valence-electron chi connectivity index (χ2n) is 6.55. The van der Waals surface area contributed by atoms with Crippen LogP contribution in [0.4, 0.5) is 11.6 Å². The summed E-state index contributed by atoms with van der Waals surface area (Å²) in [6, 6.07) is 2.04. The van der Waals surface area contributed by atoms with E-state index in [0.717, 1.165) is 60.5 Å². The molecular formula is C18H27N5O. The van der Waals surface area contributed by atoms with Crippen LogP contribution >= 0.6 is 0 Å². The average molecular weight is 329 g/mol. The van der Waals surface area contributed by atoms with E-state index in [1.807, 2.05) is 6.07 Å². The first-order valence-electron chi connectivity index (χ1n) is 8.98. The Labute approximate surface area is 143 Å². The Balaban J connectivity index is 1.70. The standard InChI is InChI=1S/C18H27N5O/c1-4-15-14(16(5-2)24-22-15)10-19-17-9-18(21-12-20-17)23-8-6-7-13(3)11-23/h9,12-13H,4-8,10-11H2,1-3H3,(H,19,20,21). The van der Waals surface area contributed by atoms with E-state index < -0.39 is 0 Å². The molecule has 130 valence electrons. The smallest absolute Gasteiger partial charge is 0.141 e. The normalized spacial score (nSPS) is 18.0. The maximum atomic E-state index is 5.42. The molecule has 3 rings (SSSR count). The number of anilines is 2. The summed E-state index contributed by atoms with van der Waals surface area (Å²) in [4.78, 5) is 11.2. The van der Waals surface area contributed by atoms with Gasteiger partial charge in [0, 0.05) is 37.7 Å². The molecule has 6 heteroatoms. The molecule has 2 aromatic heterocycles. The maximum absolute atomic E-state index is 5.42. The quantitative estimate of drug-likeness (QED) is 0.875. The van der Waals surface area contributed by atoms with Crippen LogP contribution in [-0.4, -0.2) is 28.2 Å². The number of nitrogens with zero attached hydrogens (tertiary/aromatic N) is 4. The fourth-order valence-electron chi connectivity index (χ4n) is 3.33. The first-order chi connectivity index (χ1) is 11.7. The van der Waals surface area contributed by atoms with E-state index in [9.17, 15) is 0 Å². The molecule has 1 N–H and O–H groups in total. The highest BCUT2D eigenvalue weighted by atomic mass is 16.5. The van der Waals surface area contributed by atoms with Gasteiger partial charge in [-0.3, -0.25) is 0 Å². The largest absolute Gasteiger partial charge is 0.366 e. The van der Waals surface area contributed by atoms with Gasteiger partial charge in [-0.25, -0.2) is 9.97 Å². The highest BCUT2D eigenvalue weighted by molar-refractivity contribution is 5.49. The Kier molecular flexibility index (Phi) is 5.33. The predicted molar refractivity (Wildman–Crippen MR) is 95.2 cm³/mol. The number of rotatable bonds is 6. The van der Waals surface area contributed by atoms with E-state index in [2.05, 4.69) is 46.1 Å². The first-order valence-corrected chi connectivity index (χ1v) is 8.98. The Morgan fingerprint density at radius 3 is 2.92 bits per heavy atom. The maximum Gasteiger partial charge on any atom is 0.141 e. The lowest BCUT2D eigenvalue weighted by Crippen LogP contribution is -2.34. The zero-order valence-corrected chi connectivity index (χ0v) is 14.9. The molecule has 1 unspecified atom stereocenters. The summed E-state index contributed by atoms with van der Waals surface area (Å²) < 4.78 is 5.42. The van der Waals surface area contributed by atoms with Crippen LogP contribution in [0.3, 0.4) is 0 Å². The Morgan fingerprint density at radius 2 is 2.17 bits per heavy atom. The van der Waals surface area contributed by atoms with Crippen molar-refractivity contribution in [3.05, 3.63) is 29.4 Å². The lowest BCUT2D eigenvalue weighted by Gasteiger charge is -2.31. The molecular weight excluding hydrogens is 302 g/mol. The molecule has 2 aromatic rings. The molecule has 0 aliphatic carbocycles. The molecule has 0 amide bonds. The number of hydrogen-bond donors (Lipinski definition) is 1. The molecule has 1 aliphatic heterocycles. The van der Waals surface area contributed by atoms with Gasteiger partial charge < -0.3 is 14.7 Å². The summed E-state index contributed by atoms with van der Waals surface area (Å²) in [6.07, 6.45) is 5.91. The van der Waals surface area contributed by atoms with Crippen molar-refractivity contribution in [3.8, 4) is 0 Å². The number of piperidine rings is 1. The Morgan fingerprint density at radius 1 is 1.29 bits per heavy atom. The van der Waals surface area contributed by atoms with Gasteiger partial charge in [0.25, 0.3) is 0 Å². The lowest BCUT2D eigenvalue weighted by molar-refractivity contribution is 0.380. The molecule has 24 heavy (non-hydrogen) atoms. The van der Waals surface area contributed by atoms with Crippen LogP contribution in [0.15, 0.2) is 16.9 Å². The third kappa shape index (κ3) is 3.68. The molecule has 6 nitrogen and oxygen atoms in total. The van der Waals surface area contributed by atoms with Gasteiger partial charge in [-0.1, -0.05) is 25.9 Å². The van der Waals surface area contributed by atoms with Gasteiger partial charge >= 0.3 is 0 Å². The fraction of sp³-hybridized carbons (Fsp3) is 0.611. The van der Waals surface area contributed by atoms with Crippen LogP contribution in [0.5, 0.6) is 0 Å². The van der Waals surface area contributed by atoms with E-state index in [1.54, 1.807) is 6.33 Å². The summed E-state index contributed by atoms with van der Waals surface area (Å²) in [5.41, 5.74) is 2.19. The number of aromatic nitrogens is 3. The van der Waals surface area contributed by atoms with E-state index in [-0.39, 0.29) is 0 Å². The average Bonchev–Trinajstić information content (AvgIpc) is 3.02. The van der Waals surface area contributed by atoms with E-state index in [4.69, 9.17) is 4.52 Å². The molecule has 1 aliphatic rings. The summed E-state index contributed by atoms with van der Waals surface area (Å²) in [5, 5.41) is 7.57. The second-order valence-corrected chi connectivity index (χ2v) is 6.55. The third-order valence-electron chi connectivity index (χ3n) is 4.69. The zero-order chi connectivity index (χ0) is 16.9. The Bertz CT molecular complexity index is 648. The van der Waals surface area contributed by atoms with Gasteiger partial charge in [0.1, 0.15) is 23.7 Å². The van der Waals surface area contributed by atoms with Gasteiger partial charge in [-0.05, 0) is 25.2 Å². The van der Waals surface area contributed by atoms with Crippen molar-refractivity contribution in [2.24, 2.45) is 5.92 Å². The SMILES string of the molecule is CCc1noc(CC)c1CNc1cc(N2CCCC(C)C2)ncn1. The van der Waals surface area contributed by atoms with E-state index >= 15 is 0 Å². The van der Waals surface area contributed by atoms with Crippen molar-refractivity contribution in [1.82, 2.24) is 15.1 Å². The molecule has 0 aromatic carbocycles. The van der Waals surface area contributed by atoms with Crippen LogP contribution in [-0.2, 0) is 19.4 Å². The van der Waals surface area contributed by atoms with Crippen molar-refractivity contribution in [2.45, 2.75) is 53.0 Å². The Hall–Kier alpha value is -2.11. The van der Waals surface area contributed by atoms with Gasteiger partial charge in [0.15, 0.2) is 0 Å². The molecule has 0 saturated carbocycles. The summed E-state index contributed by atoms with van der Waals surface area (Å²) in [6.45, 7) is 9.32. The number of hydrogen-bond acceptors (Lipinski definition) is 6. The second kappa shape index (κ2) is 7.64. The molecule has 1 atom stereocenters. The minimum absolute atomic E-state index is 0.683. The van der Waals surface area contributed by atoms with Crippen molar-refractivity contribution in [3.63, 3.8) is 0 Å². The minimum atomic E-state index is 0.683. The monoisotopic (exact) mass is 329 g/mol. The number of nitrogens with one attached hydrogen (secondary N) is 1. The zero-order valence-electron chi connectivity index (χ0n) is 14.9.